The third-order valence-electron chi connectivity index (χ3n) is 2.57. The highest BCUT2D eigenvalue weighted by atomic mass is 79.9. The number of halogens is 2. The summed E-state index contributed by atoms with van der Waals surface area (Å²) >= 11 is 3.33. The first-order valence-corrected chi connectivity index (χ1v) is 6.82. The van der Waals surface area contributed by atoms with Gasteiger partial charge in [0.25, 0.3) is 5.91 Å². The average molecular weight is 338 g/mol. The standard InChI is InChI=1S/C15H13BrFNO2/c1-10(20-14-7-3-5-12(17)9-14)15(19)18-13-6-2-4-11(16)8-13/h2-10H,1H3,(H,18,19). The van der Waals surface area contributed by atoms with Gasteiger partial charge in [-0.1, -0.05) is 28.1 Å². The van der Waals surface area contributed by atoms with Crippen LogP contribution in [0.25, 0.3) is 0 Å². The van der Waals surface area contributed by atoms with Gasteiger partial charge in [-0.15, -0.1) is 0 Å². The van der Waals surface area contributed by atoms with Crippen LogP contribution in [0.3, 0.4) is 0 Å². The van der Waals surface area contributed by atoms with Crippen LogP contribution in [0.15, 0.2) is 53.0 Å². The Morgan fingerprint density at radius 3 is 2.70 bits per heavy atom. The summed E-state index contributed by atoms with van der Waals surface area (Å²) in [4.78, 5) is 12.0. The summed E-state index contributed by atoms with van der Waals surface area (Å²) in [5.74, 6) is -0.378. The van der Waals surface area contributed by atoms with Crippen molar-refractivity contribution in [1.29, 1.82) is 0 Å². The van der Waals surface area contributed by atoms with Crippen LogP contribution in [0.1, 0.15) is 6.92 Å². The molecule has 0 aliphatic rings. The van der Waals surface area contributed by atoms with Crippen molar-refractivity contribution in [2.24, 2.45) is 0 Å². The van der Waals surface area contributed by atoms with Crippen LogP contribution in [-0.2, 0) is 4.79 Å². The molecule has 0 fully saturated rings. The molecule has 1 amide bonds. The number of amides is 1. The molecule has 0 saturated heterocycles. The van der Waals surface area contributed by atoms with Crippen molar-refractivity contribution < 1.29 is 13.9 Å². The summed E-state index contributed by atoms with van der Waals surface area (Å²) < 4.78 is 19.3. The Labute approximate surface area is 124 Å². The second-order valence-corrected chi connectivity index (χ2v) is 5.13. The van der Waals surface area contributed by atoms with E-state index in [-0.39, 0.29) is 5.91 Å². The lowest BCUT2D eigenvalue weighted by Gasteiger charge is -2.14. The summed E-state index contributed by atoms with van der Waals surface area (Å²) in [6, 6.07) is 12.9. The van der Waals surface area contributed by atoms with E-state index in [0.29, 0.717) is 11.4 Å². The maximum Gasteiger partial charge on any atom is 0.265 e. The van der Waals surface area contributed by atoms with Crippen LogP contribution in [0.2, 0.25) is 0 Å². The van der Waals surface area contributed by atoms with Gasteiger partial charge in [0.15, 0.2) is 6.10 Å². The van der Waals surface area contributed by atoms with Crippen molar-refractivity contribution in [3.63, 3.8) is 0 Å². The van der Waals surface area contributed by atoms with Crippen LogP contribution < -0.4 is 10.1 Å². The molecule has 3 nitrogen and oxygen atoms in total. The molecule has 0 bridgehead atoms. The molecule has 0 aliphatic carbocycles. The molecule has 2 aromatic carbocycles. The Bertz CT molecular complexity index is 618. The van der Waals surface area contributed by atoms with Crippen molar-refractivity contribution in [3.8, 4) is 5.75 Å². The molecule has 20 heavy (non-hydrogen) atoms. The van der Waals surface area contributed by atoms with Gasteiger partial charge < -0.3 is 10.1 Å². The molecule has 2 aromatic rings. The van der Waals surface area contributed by atoms with Gasteiger partial charge in [-0.05, 0) is 37.3 Å². The number of nitrogens with one attached hydrogen (secondary N) is 1. The van der Waals surface area contributed by atoms with Crippen LogP contribution in [0, 0.1) is 5.82 Å². The van der Waals surface area contributed by atoms with Gasteiger partial charge in [0.1, 0.15) is 11.6 Å². The molecule has 1 atom stereocenters. The van der Waals surface area contributed by atoms with Crippen molar-refractivity contribution in [2.45, 2.75) is 13.0 Å². The summed E-state index contributed by atoms with van der Waals surface area (Å²) in [5.41, 5.74) is 0.666. The number of hydrogen-bond acceptors (Lipinski definition) is 2. The maximum atomic E-state index is 13.0. The van der Waals surface area contributed by atoms with Gasteiger partial charge in [-0.2, -0.15) is 0 Å². The SMILES string of the molecule is CC(Oc1cccc(F)c1)C(=O)Nc1cccc(Br)c1. The number of hydrogen-bond donors (Lipinski definition) is 1. The van der Waals surface area contributed by atoms with E-state index in [1.54, 1.807) is 25.1 Å². The predicted octanol–water partition coefficient (Wildman–Crippen LogP) is 3.99. The molecule has 1 unspecified atom stereocenters. The minimum absolute atomic E-state index is 0.299. The van der Waals surface area contributed by atoms with Crippen molar-refractivity contribution in [3.05, 3.63) is 58.8 Å². The normalized spacial score (nSPS) is 11.8. The predicted molar refractivity (Wildman–Crippen MR) is 79.3 cm³/mol. The maximum absolute atomic E-state index is 13.0. The molecule has 0 spiro atoms. The van der Waals surface area contributed by atoms with Crippen molar-refractivity contribution >= 4 is 27.5 Å². The van der Waals surface area contributed by atoms with E-state index in [1.807, 2.05) is 12.1 Å². The molecule has 0 aliphatic heterocycles. The van der Waals surface area contributed by atoms with Crippen LogP contribution in [-0.4, -0.2) is 12.0 Å². The molecule has 104 valence electrons. The van der Waals surface area contributed by atoms with E-state index in [9.17, 15) is 9.18 Å². The fourth-order valence-electron chi connectivity index (χ4n) is 1.61. The molecular weight excluding hydrogens is 325 g/mol. The van der Waals surface area contributed by atoms with Gasteiger partial charge in [-0.25, -0.2) is 4.39 Å². The van der Waals surface area contributed by atoms with Crippen molar-refractivity contribution in [2.75, 3.05) is 5.32 Å². The highest BCUT2D eigenvalue weighted by molar-refractivity contribution is 9.10. The van der Waals surface area contributed by atoms with E-state index < -0.39 is 11.9 Å². The van der Waals surface area contributed by atoms with Crippen LogP contribution in [0.5, 0.6) is 5.75 Å². The third kappa shape index (κ3) is 4.06. The van der Waals surface area contributed by atoms with E-state index in [2.05, 4.69) is 21.2 Å². The number of rotatable bonds is 4. The molecular formula is C15H13BrFNO2. The summed E-state index contributed by atoms with van der Waals surface area (Å²) in [6.45, 7) is 1.61. The molecule has 1 N–H and O–H groups in total. The average Bonchev–Trinajstić information content (AvgIpc) is 2.38. The fourth-order valence-corrected chi connectivity index (χ4v) is 2.01. The molecule has 0 heterocycles. The Balaban J connectivity index is 1.98. The quantitative estimate of drug-likeness (QED) is 0.915. The Hall–Kier alpha value is -1.88. The Kier molecular flexibility index (Phi) is 4.74. The highest BCUT2D eigenvalue weighted by Crippen LogP contribution is 2.17. The van der Waals surface area contributed by atoms with Gasteiger partial charge in [-0.3, -0.25) is 4.79 Å². The lowest BCUT2D eigenvalue weighted by Crippen LogP contribution is -2.30. The lowest BCUT2D eigenvalue weighted by atomic mass is 10.3. The first-order chi connectivity index (χ1) is 9.54. The molecule has 0 saturated carbocycles. The van der Waals surface area contributed by atoms with Gasteiger partial charge in [0.05, 0.1) is 0 Å². The van der Waals surface area contributed by atoms with Crippen LogP contribution in [0.4, 0.5) is 10.1 Å². The number of anilines is 1. The fraction of sp³-hybridized carbons (Fsp3) is 0.133. The molecule has 2 rings (SSSR count). The minimum Gasteiger partial charge on any atom is -0.481 e. The van der Waals surface area contributed by atoms with Gasteiger partial charge in [0, 0.05) is 16.2 Å². The monoisotopic (exact) mass is 337 g/mol. The zero-order valence-corrected chi connectivity index (χ0v) is 12.4. The zero-order chi connectivity index (χ0) is 14.5. The minimum atomic E-state index is -0.726. The smallest absolute Gasteiger partial charge is 0.265 e. The van der Waals surface area contributed by atoms with E-state index in [0.717, 1.165) is 4.47 Å². The zero-order valence-electron chi connectivity index (χ0n) is 10.8. The summed E-state index contributed by atoms with van der Waals surface area (Å²) in [7, 11) is 0. The summed E-state index contributed by atoms with van der Waals surface area (Å²) in [5, 5.41) is 2.73. The Morgan fingerprint density at radius 1 is 1.25 bits per heavy atom. The largest absolute Gasteiger partial charge is 0.481 e. The molecule has 0 radical (unpaired) electrons. The number of benzene rings is 2. The summed E-state index contributed by atoms with van der Waals surface area (Å²) in [6.07, 6.45) is -0.726. The lowest BCUT2D eigenvalue weighted by molar-refractivity contribution is -0.122. The molecule has 5 heteroatoms. The highest BCUT2D eigenvalue weighted by Gasteiger charge is 2.15. The topological polar surface area (TPSA) is 38.3 Å². The number of ether oxygens (including phenoxy) is 1. The number of carbonyl (C=O) groups is 1. The first kappa shape index (κ1) is 14.5. The third-order valence-corrected chi connectivity index (χ3v) is 3.06. The van der Waals surface area contributed by atoms with E-state index in [1.165, 1.54) is 18.2 Å². The molecule has 0 aromatic heterocycles. The van der Waals surface area contributed by atoms with E-state index in [4.69, 9.17) is 4.74 Å². The van der Waals surface area contributed by atoms with Crippen LogP contribution >= 0.6 is 15.9 Å². The van der Waals surface area contributed by atoms with Crippen molar-refractivity contribution in [1.82, 2.24) is 0 Å². The number of carbonyl (C=O) groups excluding carboxylic acids is 1. The van der Waals surface area contributed by atoms with Gasteiger partial charge >= 0.3 is 0 Å². The van der Waals surface area contributed by atoms with E-state index >= 15 is 0 Å². The first-order valence-electron chi connectivity index (χ1n) is 6.03. The second kappa shape index (κ2) is 6.52. The van der Waals surface area contributed by atoms with Gasteiger partial charge in [0.2, 0.25) is 0 Å². The second-order valence-electron chi connectivity index (χ2n) is 4.22. The Morgan fingerprint density at radius 2 is 2.00 bits per heavy atom.